The van der Waals surface area contributed by atoms with Crippen LogP contribution in [0, 0.1) is 0 Å². The van der Waals surface area contributed by atoms with Crippen LogP contribution in [-0.4, -0.2) is 22.8 Å². The lowest BCUT2D eigenvalue weighted by molar-refractivity contribution is 0.847. The largest absolute Gasteiger partial charge is 0.372 e. The molecule has 0 bridgehead atoms. The fourth-order valence-corrected chi connectivity index (χ4v) is 2.46. The molecule has 0 aliphatic rings. The fourth-order valence-electron chi connectivity index (χ4n) is 1.37. The van der Waals surface area contributed by atoms with E-state index in [2.05, 4.69) is 45.1 Å². The minimum absolute atomic E-state index is 0.884. The standard InChI is InChI=1S/C11H18BrN3S/c1-4-6-8-10(12)11(13-3)15-9(14-8)7-16-5-2/h4-7H2,1-3H3,(H,13,14,15). The van der Waals surface area contributed by atoms with Crippen LogP contribution in [0.15, 0.2) is 4.47 Å². The lowest BCUT2D eigenvalue weighted by Crippen LogP contribution is -2.05. The third-order valence-electron chi connectivity index (χ3n) is 2.13. The van der Waals surface area contributed by atoms with Crippen molar-refractivity contribution in [3.63, 3.8) is 0 Å². The SMILES string of the molecule is CCCc1nc(CSCC)nc(NC)c1Br. The summed E-state index contributed by atoms with van der Waals surface area (Å²) in [5.41, 5.74) is 1.11. The number of aryl methyl sites for hydroxylation is 1. The van der Waals surface area contributed by atoms with Crippen molar-refractivity contribution >= 4 is 33.5 Å². The molecule has 0 spiro atoms. The Morgan fingerprint density at radius 3 is 2.62 bits per heavy atom. The molecule has 0 atom stereocenters. The lowest BCUT2D eigenvalue weighted by Gasteiger charge is -2.10. The Kier molecular flexibility index (Phi) is 6.13. The van der Waals surface area contributed by atoms with Gasteiger partial charge in [0.25, 0.3) is 0 Å². The predicted molar refractivity (Wildman–Crippen MR) is 75.1 cm³/mol. The first-order chi connectivity index (χ1) is 7.72. The number of halogens is 1. The number of nitrogens with zero attached hydrogens (tertiary/aromatic N) is 2. The van der Waals surface area contributed by atoms with Gasteiger partial charge < -0.3 is 5.32 Å². The third-order valence-corrected chi connectivity index (χ3v) is 3.83. The average Bonchev–Trinajstić information content (AvgIpc) is 2.30. The van der Waals surface area contributed by atoms with Gasteiger partial charge in [-0.3, -0.25) is 0 Å². The molecule has 1 rings (SSSR count). The van der Waals surface area contributed by atoms with Gasteiger partial charge in [0.15, 0.2) is 0 Å². The molecule has 1 aromatic rings. The van der Waals surface area contributed by atoms with E-state index in [1.807, 2.05) is 18.8 Å². The van der Waals surface area contributed by atoms with Gasteiger partial charge in [-0.05, 0) is 28.1 Å². The number of hydrogen-bond donors (Lipinski definition) is 1. The monoisotopic (exact) mass is 303 g/mol. The summed E-state index contributed by atoms with van der Waals surface area (Å²) in [6, 6.07) is 0. The molecule has 0 saturated carbocycles. The Morgan fingerprint density at radius 1 is 1.31 bits per heavy atom. The highest BCUT2D eigenvalue weighted by atomic mass is 79.9. The van der Waals surface area contributed by atoms with Gasteiger partial charge in [-0.15, -0.1) is 0 Å². The van der Waals surface area contributed by atoms with Gasteiger partial charge >= 0.3 is 0 Å². The van der Waals surface area contributed by atoms with E-state index in [-0.39, 0.29) is 0 Å². The average molecular weight is 304 g/mol. The van der Waals surface area contributed by atoms with Crippen LogP contribution in [0.2, 0.25) is 0 Å². The summed E-state index contributed by atoms with van der Waals surface area (Å²) in [5.74, 6) is 3.79. The van der Waals surface area contributed by atoms with E-state index in [4.69, 9.17) is 0 Å². The summed E-state index contributed by atoms with van der Waals surface area (Å²) in [4.78, 5) is 9.07. The Bertz CT molecular complexity index is 344. The van der Waals surface area contributed by atoms with Crippen molar-refractivity contribution in [3.8, 4) is 0 Å². The number of thioether (sulfide) groups is 1. The number of anilines is 1. The molecule has 5 heteroatoms. The Morgan fingerprint density at radius 2 is 2.06 bits per heavy atom. The van der Waals surface area contributed by atoms with Crippen molar-refractivity contribution in [1.29, 1.82) is 0 Å². The number of aromatic nitrogens is 2. The van der Waals surface area contributed by atoms with Gasteiger partial charge in [-0.25, -0.2) is 9.97 Å². The van der Waals surface area contributed by atoms with E-state index in [1.165, 1.54) is 0 Å². The molecule has 0 aliphatic heterocycles. The number of rotatable bonds is 6. The molecule has 16 heavy (non-hydrogen) atoms. The second-order valence-corrected chi connectivity index (χ2v) is 5.45. The first-order valence-electron chi connectivity index (χ1n) is 5.53. The maximum Gasteiger partial charge on any atom is 0.144 e. The van der Waals surface area contributed by atoms with Crippen molar-refractivity contribution in [2.75, 3.05) is 18.1 Å². The fraction of sp³-hybridized carbons (Fsp3) is 0.636. The number of nitrogens with one attached hydrogen (secondary N) is 1. The molecule has 0 saturated heterocycles. The van der Waals surface area contributed by atoms with Gasteiger partial charge in [0.05, 0.1) is 15.9 Å². The van der Waals surface area contributed by atoms with E-state index in [9.17, 15) is 0 Å². The van der Waals surface area contributed by atoms with Crippen LogP contribution in [0.5, 0.6) is 0 Å². The van der Waals surface area contributed by atoms with Crippen molar-refractivity contribution in [1.82, 2.24) is 9.97 Å². The minimum Gasteiger partial charge on any atom is -0.372 e. The molecular formula is C11H18BrN3S. The normalized spacial score (nSPS) is 10.5. The summed E-state index contributed by atoms with van der Waals surface area (Å²) in [6.45, 7) is 4.31. The molecule has 1 N–H and O–H groups in total. The first kappa shape index (κ1) is 13.8. The zero-order valence-electron chi connectivity index (χ0n) is 10.0. The molecule has 1 aromatic heterocycles. The molecule has 90 valence electrons. The number of hydrogen-bond acceptors (Lipinski definition) is 4. The summed E-state index contributed by atoms with van der Waals surface area (Å²) in [7, 11) is 1.89. The molecule has 3 nitrogen and oxygen atoms in total. The van der Waals surface area contributed by atoms with Gasteiger partial charge in [0, 0.05) is 7.05 Å². The van der Waals surface area contributed by atoms with Gasteiger partial charge in [-0.1, -0.05) is 20.3 Å². The summed E-state index contributed by atoms with van der Waals surface area (Å²) in [6.07, 6.45) is 2.08. The second kappa shape index (κ2) is 7.12. The molecule has 0 radical (unpaired) electrons. The van der Waals surface area contributed by atoms with E-state index in [1.54, 1.807) is 0 Å². The topological polar surface area (TPSA) is 37.8 Å². The van der Waals surface area contributed by atoms with Crippen LogP contribution in [0.25, 0.3) is 0 Å². The van der Waals surface area contributed by atoms with Crippen LogP contribution >= 0.6 is 27.7 Å². The van der Waals surface area contributed by atoms with Crippen LogP contribution in [0.1, 0.15) is 31.8 Å². The lowest BCUT2D eigenvalue weighted by atomic mass is 10.2. The predicted octanol–water partition coefficient (Wildman–Crippen LogP) is 3.49. The molecule has 0 amide bonds. The third kappa shape index (κ3) is 3.63. The van der Waals surface area contributed by atoms with E-state index >= 15 is 0 Å². The molecular weight excluding hydrogens is 286 g/mol. The summed E-state index contributed by atoms with van der Waals surface area (Å²) in [5, 5.41) is 3.10. The van der Waals surface area contributed by atoms with Crippen molar-refractivity contribution in [2.24, 2.45) is 0 Å². The summed E-state index contributed by atoms with van der Waals surface area (Å²) < 4.78 is 1.00. The van der Waals surface area contributed by atoms with Gasteiger partial charge in [-0.2, -0.15) is 11.8 Å². The Hall–Kier alpha value is -0.290. The molecule has 0 aromatic carbocycles. The smallest absolute Gasteiger partial charge is 0.144 e. The maximum absolute atomic E-state index is 4.59. The highest BCUT2D eigenvalue weighted by molar-refractivity contribution is 9.10. The van der Waals surface area contributed by atoms with Crippen molar-refractivity contribution in [3.05, 3.63) is 16.0 Å². The van der Waals surface area contributed by atoms with E-state index in [0.29, 0.717) is 0 Å². The molecule has 0 fully saturated rings. The highest BCUT2D eigenvalue weighted by Crippen LogP contribution is 2.25. The molecule has 0 aliphatic carbocycles. The highest BCUT2D eigenvalue weighted by Gasteiger charge is 2.10. The molecule has 0 unspecified atom stereocenters. The molecule has 1 heterocycles. The van der Waals surface area contributed by atoms with E-state index in [0.717, 1.165) is 46.2 Å². The minimum atomic E-state index is 0.884. The van der Waals surface area contributed by atoms with Crippen LogP contribution < -0.4 is 5.32 Å². The Labute approximate surface area is 110 Å². The Balaban J connectivity index is 2.97. The maximum atomic E-state index is 4.59. The van der Waals surface area contributed by atoms with Crippen LogP contribution in [-0.2, 0) is 12.2 Å². The van der Waals surface area contributed by atoms with Gasteiger partial charge in [0.2, 0.25) is 0 Å². The zero-order chi connectivity index (χ0) is 12.0. The first-order valence-corrected chi connectivity index (χ1v) is 7.48. The second-order valence-electron chi connectivity index (χ2n) is 3.39. The van der Waals surface area contributed by atoms with Crippen molar-refractivity contribution in [2.45, 2.75) is 32.4 Å². The summed E-state index contributed by atoms with van der Waals surface area (Å²) >= 11 is 5.40. The van der Waals surface area contributed by atoms with Crippen molar-refractivity contribution < 1.29 is 0 Å². The quantitative estimate of drug-likeness (QED) is 0.873. The van der Waals surface area contributed by atoms with E-state index < -0.39 is 0 Å². The van der Waals surface area contributed by atoms with Crippen LogP contribution in [0.4, 0.5) is 5.82 Å². The zero-order valence-corrected chi connectivity index (χ0v) is 12.4. The van der Waals surface area contributed by atoms with Gasteiger partial charge in [0.1, 0.15) is 11.6 Å². The van der Waals surface area contributed by atoms with Crippen LogP contribution in [0.3, 0.4) is 0 Å².